The van der Waals surface area contributed by atoms with E-state index in [4.69, 9.17) is 4.74 Å². The quantitative estimate of drug-likeness (QED) is 0.831. The van der Waals surface area contributed by atoms with Crippen LogP contribution in [0.1, 0.15) is 25.3 Å². The molecule has 6 heteroatoms. The fourth-order valence-corrected chi connectivity index (χ4v) is 3.61. The largest absolute Gasteiger partial charge is 0.497 e. The topological polar surface area (TPSA) is 78.9 Å². The van der Waals surface area contributed by atoms with E-state index in [-0.39, 0.29) is 30.4 Å². The summed E-state index contributed by atoms with van der Waals surface area (Å²) in [5.74, 6) is 0.627. The number of aliphatic hydroxyl groups excluding tert-OH is 1. The van der Waals surface area contributed by atoms with Crippen LogP contribution in [-0.2, 0) is 15.0 Å². The molecule has 1 aromatic rings. The predicted molar refractivity (Wildman–Crippen MR) is 88.7 cm³/mol. The van der Waals surface area contributed by atoms with E-state index in [0.29, 0.717) is 13.1 Å². The van der Waals surface area contributed by atoms with Gasteiger partial charge in [0.15, 0.2) is 0 Å². The average Bonchev–Trinajstić information content (AvgIpc) is 3.30. The van der Waals surface area contributed by atoms with Crippen LogP contribution in [0.3, 0.4) is 0 Å². The molecule has 2 N–H and O–H groups in total. The molecule has 1 saturated carbocycles. The minimum atomic E-state index is -0.447. The molecule has 0 aromatic heterocycles. The minimum absolute atomic E-state index is 0.0374. The number of likely N-dealkylation sites (tertiary alicyclic amines) is 1. The van der Waals surface area contributed by atoms with Gasteiger partial charge < -0.3 is 20.1 Å². The molecule has 1 aromatic carbocycles. The lowest BCUT2D eigenvalue weighted by Crippen LogP contribution is -2.42. The normalized spacial score (nSPS) is 24.5. The Hall–Kier alpha value is -2.08. The molecule has 24 heavy (non-hydrogen) atoms. The summed E-state index contributed by atoms with van der Waals surface area (Å²) in [6, 6.07) is 7.48. The van der Waals surface area contributed by atoms with Crippen LogP contribution in [0.25, 0.3) is 0 Å². The Bertz CT molecular complexity index is 624. The van der Waals surface area contributed by atoms with Crippen molar-refractivity contribution < 1.29 is 19.4 Å². The zero-order valence-corrected chi connectivity index (χ0v) is 14.1. The van der Waals surface area contributed by atoms with Gasteiger partial charge in [-0.3, -0.25) is 9.59 Å². The van der Waals surface area contributed by atoms with Crippen LogP contribution in [0.5, 0.6) is 5.75 Å². The second-order valence-corrected chi connectivity index (χ2v) is 6.77. The maximum absolute atomic E-state index is 13.1. The Balaban J connectivity index is 1.75. The predicted octanol–water partition coefficient (Wildman–Crippen LogP) is 0.682. The molecule has 1 aliphatic heterocycles. The van der Waals surface area contributed by atoms with Crippen molar-refractivity contribution in [3.05, 3.63) is 29.8 Å². The van der Waals surface area contributed by atoms with Gasteiger partial charge >= 0.3 is 0 Å². The summed E-state index contributed by atoms with van der Waals surface area (Å²) in [7, 11) is 1.62. The van der Waals surface area contributed by atoms with Gasteiger partial charge in [-0.2, -0.15) is 0 Å². The standard InChI is InChI=1S/C18H24N2O4/c1-12(22)19-16-10-20(9-13(16)11-21)17(23)18(7-8-18)14-3-5-15(24-2)6-4-14/h3-6,13,16,21H,7-11H2,1-2H3,(H,19,22)/t13-,16+/m0/s1. The summed E-state index contributed by atoms with van der Waals surface area (Å²) in [6.45, 7) is 2.36. The average molecular weight is 332 g/mol. The molecule has 130 valence electrons. The summed E-state index contributed by atoms with van der Waals surface area (Å²) in [5.41, 5.74) is 0.564. The summed E-state index contributed by atoms with van der Waals surface area (Å²) in [4.78, 5) is 26.2. The van der Waals surface area contributed by atoms with Crippen molar-refractivity contribution in [3.8, 4) is 5.75 Å². The number of rotatable bonds is 5. The van der Waals surface area contributed by atoms with E-state index in [1.165, 1.54) is 6.92 Å². The summed E-state index contributed by atoms with van der Waals surface area (Å²) in [5, 5.41) is 12.4. The number of methoxy groups -OCH3 is 1. The third-order valence-electron chi connectivity index (χ3n) is 5.15. The first-order valence-corrected chi connectivity index (χ1v) is 8.32. The molecule has 3 rings (SSSR count). The lowest BCUT2D eigenvalue weighted by molar-refractivity contribution is -0.133. The lowest BCUT2D eigenvalue weighted by Gasteiger charge is -2.24. The van der Waals surface area contributed by atoms with Gasteiger partial charge in [-0.25, -0.2) is 0 Å². The smallest absolute Gasteiger partial charge is 0.233 e. The van der Waals surface area contributed by atoms with Crippen LogP contribution >= 0.6 is 0 Å². The van der Waals surface area contributed by atoms with Crippen molar-refractivity contribution in [3.63, 3.8) is 0 Å². The first-order valence-electron chi connectivity index (χ1n) is 8.32. The Kier molecular flexibility index (Phi) is 4.49. The van der Waals surface area contributed by atoms with Crippen molar-refractivity contribution in [1.29, 1.82) is 0 Å². The third-order valence-corrected chi connectivity index (χ3v) is 5.15. The molecule has 0 radical (unpaired) electrons. The second kappa shape index (κ2) is 6.43. The van der Waals surface area contributed by atoms with Crippen LogP contribution < -0.4 is 10.1 Å². The van der Waals surface area contributed by atoms with Gasteiger partial charge in [0.1, 0.15) is 5.75 Å². The third kappa shape index (κ3) is 2.98. The highest BCUT2D eigenvalue weighted by Crippen LogP contribution is 2.50. The molecule has 2 aliphatic rings. The first-order chi connectivity index (χ1) is 11.5. The van der Waals surface area contributed by atoms with Crippen LogP contribution in [0.15, 0.2) is 24.3 Å². The molecule has 0 spiro atoms. The molecule has 0 unspecified atom stereocenters. The Labute approximate surface area is 141 Å². The molecule has 2 atom stereocenters. The Morgan fingerprint density at radius 3 is 2.46 bits per heavy atom. The van der Waals surface area contributed by atoms with Crippen LogP contribution in [0.2, 0.25) is 0 Å². The molecular formula is C18H24N2O4. The summed E-state index contributed by atoms with van der Waals surface area (Å²) in [6.07, 6.45) is 1.67. The van der Waals surface area contributed by atoms with Gasteiger partial charge in [0.25, 0.3) is 0 Å². The summed E-state index contributed by atoms with van der Waals surface area (Å²) < 4.78 is 5.18. The van der Waals surface area contributed by atoms with Gasteiger partial charge in [-0.05, 0) is 30.5 Å². The van der Waals surface area contributed by atoms with Crippen molar-refractivity contribution in [2.24, 2.45) is 5.92 Å². The van der Waals surface area contributed by atoms with Gasteiger partial charge in [-0.1, -0.05) is 12.1 Å². The number of carbonyl (C=O) groups is 2. The number of ether oxygens (including phenoxy) is 1. The van der Waals surface area contributed by atoms with Gasteiger partial charge in [-0.15, -0.1) is 0 Å². The highest BCUT2D eigenvalue weighted by molar-refractivity contribution is 5.91. The van der Waals surface area contributed by atoms with Crippen LogP contribution in [0.4, 0.5) is 0 Å². The van der Waals surface area contributed by atoms with E-state index in [1.54, 1.807) is 12.0 Å². The second-order valence-electron chi connectivity index (χ2n) is 6.77. The number of hydrogen-bond acceptors (Lipinski definition) is 4. The highest BCUT2D eigenvalue weighted by atomic mass is 16.5. The van der Waals surface area contributed by atoms with E-state index in [2.05, 4.69) is 5.32 Å². The van der Waals surface area contributed by atoms with Crippen LogP contribution in [-0.4, -0.2) is 54.7 Å². The monoisotopic (exact) mass is 332 g/mol. The number of benzene rings is 1. The van der Waals surface area contributed by atoms with E-state index < -0.39 is 5.41 Å². The SMILES string of the molecule is COc1ccc(C2(C(=O)N3C[C@@H](CO)[C@H](NC(C)=O)C3)CC2)cc1. The van der Waals surface area contributed by atoms with E-state index >= 15 is 0 Å². The molecule has 0 bridgehead atoms. The lowest BCUT2D eigenvalue weighted by atomic mass is 9.94. The number of amides is 2. The van der Waals surface area contributed by atoms with E-state index in [9.17, 15) is 14.7 Å². The molecule has 1 aliphatic carbocycles. The van der Waals surface area contributed by atoms with E-state index in [0.717, 1.165) is 24.2 Å². The van der Waals surface area contributed by atoms with Gasteiger partial charge in [0.2, 0.25) is 11.8 Å². The van der Waals surface area contributed by atoms with Gasteiger partial charge in [0, 0.05) is 32.5 Å². The molecule has 2 fully saturated rings. The number of aliphatic hydroxyl groups is 1. The van der Waals surface area contributed by atoms with Gasteiger partial charge in [0.05, 0.1) is 18.6 Å². The Morgan fingerprint density at radius 1 is 1.29 bits per heavy atom. The molecule has 2 amide bonds. The molecule has 1 heterocycles. The van der Waals surface area contributed by atoms with Crippen molar-refractivity contribution in [2.75, 3.05) is 26.8 Å². The Morgan fingerprint density at radius 2 is 1.96 bits per heavy atom. The maximum Gasteiger partial charge on any atom is 0.233 e. The summed E-state index contributed by atoms with van der Waals surface area (Å²) >= 11 is 0. The molecular weight excluding hydrogens is 308 g/mol. The molecule has 1 saturated heterocycles. The number of nitrogens with one attached hydrogen (secondary N) is 1. The fraction of sp³-hybridized carbons (Fsp3) is 0.556. The number of nitrogens with zero attached hydrogens (tertiary/aromatic N) is 1. The van der Waals surface area contributed by atoms with Crippen LogP contribution in [0, 0.1) is 5.92 Å². The van der Waals surface area contributed by atoms with Crippen molar-refractivity contribution >= 4 is 11.8 Å². The minimum Gasteiger partial charge on any atom is -0.497 e. The first kappa shape index (κ1) is 16.8. The van der Waals surface area contributed by atoms with Crippen molar-refractivity contribution in [1.82, 2.24) is 10.2 Å². The fourth-order valence-electron chi connectivity index (χ4n) is 3.61. The highest BCUT2D eigenvalue weighted by Gasteiger charge is 2.54. The van der Waals surface area contributed by atoms with E-state index in [1.807, 2.05) is 24.3 Å². The zero-order valence-electron chi connectivity index (χ0n) is 14.1. The van der Waals surface area contributed by atoms with Crippen molar-refractivity contribution in [2.45, 2.75) is 31.2 Å². The number of carbonyl (C=O) groups excluding carboxylic acids is 2. The maximum atomic E-state index is 13.1. The number of hydrogen-bond donors (Lipinski definition) is 2. The molecule has 6 nitrogen and oxygen atoms in total. The zero-order chi connectivity index (χ0) is 17.3.